The van der Waals surface area contributed by atoms with Gasteiger partial charge in [0.2, 0.25) is 5.91 Å². The highest BCUT2D eigenvalue weighted by Gasteiger charge is 2.33. The summed E-state index contributed by atoms with van der Waals surface area (Å²) in [5.41, 5.74) is 0.525. The molecule has 2 saturated heterocycles. The second-order valence-electron chi connectivity index (χ2n) is 6.03. The number of carbonyl (C=O) groups excluding carboxylic acids is 1. The normalized spacial score (nSPS) is 25.6. The number of fused-ring (bicyclic) bond motifs is 1. The first kappa shape index (κ1) is 14.5. The van der Waals surface area contributed by atoms with Crippen molar-refractivity contribution in [2.75, 3.05) is 31.5 Å². The summed E-state index contributed by atoms with van der Waals surface area (Å²) in [6.45, 7) is 4.02. The molecule has 0 bridgehead atoms. The van der Waals surface area contributed by atoms with E-state index in [0.717, 1.165) is 32.1 Å². The van der Waals surface area contributed by atoms with Crippen LogP contribution in [0.15, 0.2) is 24.3 Å². The Kier molecular flexibility index (Phi) is 4.51. The maximum atomic E-state index is 13.1. The molecule has 1 aromatic rings. The van der Waals surface area contributed by atoms with Crippen molar-refractivity contribution in [1.29, 1.82) is 0 Å². The number of hydrogen-bond donors (Lipinski definition) is 2. The van der Waals surface area contributed by atoms with Gasteiger partial charge in [-0.25, -0.2) is 4.39 Å². The summed E-state index contributed by atoms with van der Waals surface area (Å²) in [7, 11) is 0. The van der Waals surface area contributed by atoms with Gasteiger partial charge in [0.25, 0.3) is 0 Å². The average Bonchev–Trinajstić information content (AvgIpc) is 2.88. The molecular formula is C16H22FN3O. The summed E-state index contributed by atoms with van der Waals surface area (Å²) in [6, 6.07) is 6.61. The van der Waals surface area contributed by atoms with Crippen LogP contribution in [0.2, 0.25) is 0 Å². The third-order valence-corrected chi connectivity index (χ3v) is 4.44. The molecule has 2 unspecified atom stereocenters. The summed E-state index contributed by atoms with van der Waals surface area (Å²) < 4.78 is 13.1. The number of halogens is 1. The van der Waals surface area contributed by atoms with Crippen molar-refractivity contribution >= 4 is 11.6 Å². The van der Waals surface area contributed by atoms with Gasteiger partial charge in [-0.1, -0.05) is 6.07 Å². The molecule has 2 heterocycles. The zero-order valence-electron chi connectivity index (χ0n) is 12.1. The smallest absolute Gasteiger partial charge is 0.225 e. The first-order valence-corrected chi connectivity index (χ1v) is 7.72. The number of hydrogen-bond acceptors (Lipinski definition) is 3. The molecule has 0 radical (unpaired) electrons. The van der Waals surface area contributed by atoms with Crippen LogP contribution in [0.3, 0.4) is 0 Å². The van der Waals surface area contributed by atoms with E-state index in [1.165, 1.54) is 25.0 Å². The second kappa shape index (κ2) is 6.54. The number of anilines is 1. The Morgan fingerprint density at radius 2 is 2.33 bits per heavy atom. The van der Waals surface area contributed by atoms with Crippen LogP contribution in [0.5, 0.6) is 0 Å². The van der Waals surface area contributed by atoms with Crippen LogP contribution in [0.4, 0.5) is 10.1 Å². The number of benzene rings is 1. The van der Waals surface area contributed by atoms with E-state index in [-0.39, 0.29) is 11.7 Å². The minimum atomic E-state index is -0.331. The van der Waals surface area contributed by atoms with E-state index in [9.17, 15) is 9.18 Å². The van der Waals surface area contributed by atoms with Gasteiger partial charge in [-0.3, -0.25) is 4.79 Å². The quantitative estimate of drug-likeness (QED) is 0.889. The predicted molar refractivity (Wildman–Crippen MR) is 80.6 cm³/mol. The lowest BCUT2D eigenvalue weighted by atomic mass is 9.94. The summed E-state index contributed by atoms with van der Waals surface area (Å²) in [4.78, 5) is 14.3. The Balaban J connectivity index is 1.44. The van der Waals surface area contributed by atoms with Crippen molar-refractivity contribution in [2.24, 2.45) is 5.92 Å². The third-order valence-electron chi connectivity index (χ3n) is 4.44. The fourth-order valence-corrected chi connectivity index (χ4v) is 3.37. The van der Waals surface area contributed by atoms with Gasteiger partial charge in [0.1, 0.15) is 5.82 Å². The monoisotopic (exact) mass is 291 g/mol. The van der Waals surface area contributed by atoms with Crippen LogP contribution >= 0.6 is 0 Å². The van der Waals surface area contributed by atoms with Crippen molar-refractivity contribution < 1.29 is 9.18 Å². The lowest BCUT2D eigenvalue weighted by Gasteiger charge is -2.24. The molecule has 0 saturated carbocycles. The molecule has 2 fully saturated rings. The Bertz CT molecular complexity index is 494. The molecule has 21 heavy (non-hydrogen) atoms. The summed E-state index contributed by atoms with van der Waals surface area (Å²) in [5.74, 6) is 0.357. The fraction of sp³-hybridized carbons (Fsp3) is 0.562. The second-order valence-corrected chi connectivity index (χ2v) is 6.03. The molecule has 1 aromatic carbocycles. The van der Waals surface area contributed by atoms with E-state index in [2.05, 4.69) is 15.5 Å². The first-order chi connectivity index (χ1) is 10.2. The van der Waals surface area contributed by atoms with Gasteiger partial charge in [0, 0.05) is 37.8 Å². The molecule has 2 aliphatic heterocycles. The van der Waals surface area contributed by atoms with E-state index in [1.54, 1.807) is 12.1 Å². The number of nitrogens with zero attached hydrogens (tertiary/aromatic N) is 1. The largest absolute Gasteiger partial charge is 0.326 e. The van der Waals surface area contributed by atoms with E-state index < -0.39 is 0 Å². The highest BCUT2D eigenvalue weighted by molar-refractivity contribution is 5.90. The maximum absolute atomic E-state index is 13.1. The topological polar surface area (TPSA) is 44.4 Å². The zero-order chi connectivity index (χ0) is 14.7. The van der Waals surface area contributed by atoms with Crippen molar-refractivity contribution in [3.8, 4) is 0 Å². The molecule has 5 heteroatoms. The highest BCUT2D eigenvalue weighted by atomic mass is 19.1. The molecule has 114 valence electrons. The van der Waals surface area contributed by atoms with E-state index in [1.807, 2.05) is 0 Å². The van der Waals surface area contributed by atoms with Gasteiger partial charge in [-0.15, -0.1) is 0 Å². The van der Waals surface area contributed by atoms with Gasteiger partial charge in [0.05, 0.1) is 0 Å². The molecule has 0 spiro atoms. The molecule has 3 rings (SSSR count). The average molecular weight is 291 g/mol. The molecule has 0 aliphatic carbocycles. The Morgan fingerprint density at radius 1 is 1.43 bits per heavy atom. The summed E-state index contributed by atoms with van der Waals surface area (Å²) >= 11 is 0. The Morgan fingerprint density at radius 3 is 3.14 bits per heavy atom. The maximum Gasteiger partial charge on any atom is 0.225 e. The number of carbonyl (C=O) groups is 1. The standard InChI is InChI=1S/C16H22FN3O/c17-13-4-1-5-14(9-13)19-16(21)6-8-20-10-12-3-2-7-18-15(12)11-20/h1,4-5,9,12,15,18H,2-3,6-8,10-11H2,(H,19,21). The molecule has 2 aliphatic rings. The molecule has 2 atom stereocenters. The van der Waals surface area contributed by atoms with Crippen molar-refractivity contribution in [3.63, 3.8) is 0 Å². The molecule has 1 amide bonds. The SMILES string of the molecule is O=C(CCN1CC2CCCNC2C1)Nc1cccc(F)c1. The van der Waals surface area contributed by atoms with Gasteiger partial charge in [0.15, 0.2) is 0 Å². The molecule has 4 nitrogen and oxygen atoms in total. The molecular weight excluding hydrogens is 269 g/mol. The van der Waals surface area contributed by atoms with Crippen LogP contribution in [0.1, 0.15) is 19.3 Å². The minimum Gasteiger partial charge on any atom is -0.326 e. The van der Waals surface area contributed by atoms with Crippen molar-refractivity contribution in [1.82, 2.24) is 10.2 Å². The predicted octanol–water partition coefficient (Wildman–Crippen LogP) is 1.84. The van der Waals surface area contributed by atoms with Crippen LogP contribution in [-0.4, -0.2) is 43.0 Å². The van der Waals surface area contributed by atoms with Crippen LogP contribution in [0.25, 0.3) is 0 Å². The van der Waals surface area contributed by atoms with E-state index in [4.69, 9.17) is 0 Å². The fourth-order valence-electron chi connectivity index (χ4n) is 3.37. The third kappa shape index (κ3) is 3.80. The van der Waals surface area contributed by atoms with Crippen molar-refractivity contribution in [3.05, 3.63) is 30.1 Å². The van der Waals surface area contributed by atoms with Gasteiger partial charge < -0.3 is 15.5 Å². The van der Waals surface area contributed by atoms with Crippen molar-refractivity contribution in [2.45, 2.75) is 25.3 Å². The Hall–Kier alpha value is -1.46. The number of likely N-dealkylation sites (tertiary alicyclic amines) is 1. The van der Waals surface area contributed by atoms with Gasteiger partial charge in [-0.2, -0.15) is 0 Å². The van der Waals surface area contributed by atoms with Gasteiger partial charge >= 0.3 is 0 Å². The molecule has 2 N–H and O–H groups in total. The van der Waals surface area contributed by atoms with Crippen LogP contribution in [-0.2, 0) is 4.79 Å². The summed E-state index contributed by atoms with van der Waals surface area (Å²) in [5, 5.41) is 6.31. The van der Waals surface area contributed by atoms with E-state index >= 15 is 0 Å². The number of piperidine rings is 1. The number of amides is 1. The lowest BCUT2D eigenvalue weighted by Crippen LogP contribution is -2.40. The summed E-state index contributed by atoms with van der Waals surface area (Å²) in [6.07, 6.45) is 3.01. The zero-order valence-corrected chi connectivity index (χ0v) is 12.1. The van der Waals surface area contributed by atoms with Crippen LogP contribution in [0, 0.1) is 11.7 Å². The van der Waals surface area contributed by atoms with E-state index in [0.29, 0.717) is 18.2 Å². The number of nitrogens with one attached hydrogen (secondary N) is 2. The first-order valence-electron chi connectivity index (χ1n) is 7.72. The lowest BCUT2D eigenvalue weighted by molar-refractivity contribution is -0.116. The minimum absolute atomic E-state index is 0.0524. The highest BCUT2D eigenvalue weighted by Crippen LogP contribution is 2.24. The molecule has 0 aromatic heterocycles. The number of rotatable bonds is 4. The van der Waals surface area contributed by atoms with Crippen LogP contribution < -0.4 is 10.6 Å². The Labute approximate surface area is 124 Å². The van der Waals surface area contributed by atoms with Gasteiger partial charge in [-0.05, 0) is 43.5 Å².